The van der Waals surface area contributed by atoms with Crippen molar-refractivity contribution in [2.75, 3.05) is 10.6 Å². The number of nitrogens with zero attached hydrogens (tertiary/aromatic N) is 4. The van der Waals surface area contributed by atoms with E-state index in [9.17, 15) is 9.59 Å². The molecule has 2 aromatic carbocycles. The smallest absolute Gasteiger partial charge is 0.254 e. The number of fused-ring (bicyclic) bond motifs is 1. The number of para-hydroxylation sites is 1. The normalized spacial score (nSPS) is 15.6. The molecule has 1 aliphatic rings. The van der Waals surface area contributed by atoms with Gasteiger partial charge in [0.2, 0.25) is 17.8 Å². The van der Waals surface area contributed by atoms with Gasteiger partial charge >= 0.3 is 0 Å². The summed E-state index contributed by atoms with van der Waals surface area (Å²) in [7, 11) is 0. The summed E-state index contributed by atoms with van der Waals surface area (Å²) in [4.78, 5) is 32.9. The molecule has 4 aromatic rings. The second-order valence-corrected chi connectivity index (χ2v) is 7.70. The monoisotopic (exact) mass is 439 g/mol. The van der Waals surface area contributed by atoms with Crippen LogP contribution in [0.2, 0.25) is 0 Å². The van der Waals surface area contributed by atoms with Gasteiger partial charge in [-0.25, -0.2) is 0 Å². The van der Waals surface area contributed by atoms with E-state index in [4.69, 9.17) is 0 Å². The minimum Gasteiger partial charge on any atom is -0.348 e. The molecule has 0 spiro atoms. The highest BCUT2D eigenvalue weighted by Gasteiger charge is 2.24. The van der Waals surface area contributed by atoms with Crippen molar-refractivity contribution in [1.82, 2.24) is 24.9 Å². The third-order valence-corrected chi connectivity index (χ3v) is 5.30. The van der Waals surface area contributed by atoms with Crippen molar-refractivity contribution in [3.05, 3.63) is 83.6 Å². The number of benzene rings is 2. The lowest BCUT2D eigenvalue weighted by atomic mass is 10.1. The van der Waals surface area contributed by atoms with Gasteiger partial charge in [-0.2, -0.15) is 19.6 Å². The Balaban J connectivity index is 1.57. The van der Waals surface area contributed by atoms with E-state index in [1.54, 1.807) is 16.8 Å². The molecule has 164 valence electrons. The van der Waals surface area contributed by atoms with E-state index in [1.807, 2.05) is 67.6 Å². The topological polar surface area (TPSA) is 113 Å². The third kappa shape index (κ3) is 4.29. The molecule has 3 N–H and O–H groups in total. The number of hydrogen-bond donors (Lipinski definition) is 3. The molecule has 1 fully saturated rings. The fourth-order valence-corrected chi connectivity index (χ4v) is 3.62. The van der Waals surface area contributed by atoms with Crippen molar-refractivity contribution in [3.8, 4) is 0 Å². The Labute approximate surface area is 189 Å². The molecule has 33 heavy (non-hydrogen) atoms. The van der Waals surface area contributed by atoms with Crippen LogP contribution in [-0.2, 0) is 9.59 Å². The van der Waals surface area contributed by atoms with Crippen molar-refractivity contribution in [2.45, 2.75) is 19.4 Å². The molecule has 1 atom stereocenters. The summed E-state index contributed by atoms with van der Waals surface area (Å²) in [5.74, 6) is 0.157. The second kappa shape index (κ2) is 8.54. The van der Waals surface area contributed by atoms with Gasteiger partial charge in [-0.1, -0.05) is 48.5 Å². The van der Waals surface area contributed by atoms with Gasteiger partial charge in [-0.3, -0.25) is 14.9 Å². The minimum atomic E-state index is -0.396. The number of aromatic nitrogens is 4. The molecule has 5 rings (SSSR count). The van der Waals surface area contributed by atoms with Gasteiger partial charge in [0.05, 0.1) is 18.7 Å². The summed E-state index contributed by atoms with van der Waals surface area (Å²) < 4.78 is 1.58. The number of amides is 2. The van der Waals surface area contributed by atoms with Gasteiger partial charge in [0, 0.05) is 16.8 Å². The van der Waals surface area contributed by atoms with Crippen LogP contribution in [0.1, 0.15) is 30.5 Å². The minimum absolute atomic E-state index is 0.0343. The van der Waals surface area contributed by atoms with Crippen LogP contribution in [0.5, 0.6) is 0 Å². The number of carbonyl (C=O) groups is 2. The van der Waals surface area contributed by atoms with Crippen molar-refractivity contribution < 1.29 is 9.59 Å². The Morgan fingerprint density at radius 3 is 2.45 bits per heavy atom. The maximum absolute atomic E-state index is 12.0. The largest absolute Gasteiger partial charge is 0.348 e. The average Bonchev–Trinajstić information content (AvgIpc) is 3.37. The molecular weight excluding hydrogens is 418 g/mol. The van der Waals surface area contributed by atoms with Crippen molar-refractivity contribution in [1.29, 1.82) is 0 Å². The summed E-state index contributed by atoms with van der Waals surface area (Å²) in [6.07, 6.45) is 3.28. The summed E-state index contributed by atoms with van der Waals surface area (Å²) in [6, 6.07) is 19.6. The van der Waals surface area contributed by atoms with E-state index >= 15 is 0 Å². The van der Waals surface area contributed by atoms with E-state index in [2.05, 4.69) is 31.0 Å². The van der Waals surface area contributed by atoms with Gasteiger partial charge in [-0.15, -0.1) is 0 Å². The molecule has 2 aromatic heterocycles. The average molecular weight is 439 g/mol. The van der Waals surface area contributed by atoms with Crippen molar-refractivity contribution in [3.63, 3.8) is 0 Å². The lowest BCUT2D eigenvalue weighted by Crippen LogP contribution is -2.19. The van der Waals surface area contributed by atoms with Crippen LogP contribution >= 0.6 is 0 Å². The third-order valence-electron chi connectivity index (χ3n) is 5.30. The molecule has 0 aliphatic carbocycles. The summed E-state index contributed by atoms with van der Waals surface area (Å²) in [5, 5.41) is 13.3. The molecule has 9 nitrogen and oxygen atoms in total. The maximum Gasteiger partial charge on any atom is 0.254 e. The highest BCUT2D eigenvalue weighted by molar-refractivity contribution is 6.15. The molecule has 1 aliphatic heterocycles. The van der Waals surface area contributed by atoms with Crippen LogP contribution in [0.25, 0.3) is 11.7 Å². The first-order valence-electron chi connectivity index (χ1n) is 10.5. The van der Waals surface area contributed by atoms with Crippen molar-refractivity contribution >= 4 is 41.1 Å². The van der Waals surface area contributed by atoms with Crippen LogP contribution in [0.4, 0.5) is 17.6 Å². The summed E-state index contributed by atoms with van der Waals surface area (Å²) in [5.41, 5.74) is 3.43. The molecule has 2 amide bonds. The van der Waals surface area contributed by atoms with Crippen LogP contribution in [-0.4, -0.2) is 31.4 Å². The molecule has 9 heteroatoms. The predicted octanol–water partition coefficient (Wildman–Crippen LogP) is 3.47. The molecule has 0 bridgehead atoms. The van der Waals surface area contributed by atoms with Crippen LogP contribution in [0.15, 0.2) is 72.4 Å². The molecule has 0 radical (unpaired) electrons. The lowest BCUT2D eigenvalue weighted by molar-refractivity contribution is -0.124. The van der Waals surface area contributed by atoms with E-state index < -0.39 is 5.91 Å². The van der Waals surface area contributed by atoms with Gasteiger partial charge in [0.25, 0.3) is 5.91 Å². The Bertz CT molecular complexity index is 1360. The maximum atomic E-state index is 12.0. The number of carbonyl (C=O) groups excluding carboxylic acids is 2. The molecule has 1 unspecified atom stereocenters. The number of nitrogens with one attached hydrogen (secondary N) is 3. The number of rotatable bonds is 6. The predicted molar refractivity (Wildman–Crippen MR) is 125 cm³/mol. The van der Waals surface area contributed by atoms with Crippen LogP contribution < -0.4 is 16.0 Å². The second-order valence-electron chi connectivity index (χ2n) is 7.70. The zero-order valence-electron chi connectivity index (χ0n) is 17.8. The molecular formula is C24H21N7O2. The summed E-state index contributed by atoms with van der Waals surface area (Å²) >= 11 is 0. The highest BCUT2D eigenvalue weighted by atomic mass is 16.2. The first-order valence-corrected chi connectivity index (χ1v) is 10.5. The van der Waals surface area contributed by atoms with Gasteiger partial charge in [0.15, 0.2) is 5.65 Å². The zero-order chi connectivity index (χ0) is 22.8. The van der Waals surface area contributed by atoms with Gasteiger partial charge < -0.3 is 10.6 Å². The first kappa shape index (κ1) is 20.4. The standard InChI is InChI=1S/C24H21N7O2/c1-15(16-8-4-2-5-9-16)26-23-29-21-18(12-17-13-20(32)28-22(17)33)14-25-31(21)24(30-23)27-19-10-6-3-7-11-19/h2-12,14-15H,13H2,1H3,(H,28,32,33)(H2,26,27,29,30)/b17-12+. The Morgan fingerprint density at radius 2 is 1.76 bits per heavy atom. The Kier molecular flexibility index (Phi) is 5.27. The molecule has 0 saturated carbocycles. The zero-order valence-corrected chi connectivity index (χ0v) is 17.8. The lowest BCUT2D eigenvalue weighted by Gasteiger charge is -2.16. The van der Waals surface area contributed by atoms with Crippen LogP contribution in [0.3, 0.4) is 0 Å². The van der Waals surface area contributed by atoms with E-state index in [0.29, 0.717) is 28.7 Å². The number of anilines is 3. The quantitative estimate of drug-likeness (QED) is 0.311. The first-order chi connectivity index (χ1) is 16.1. The molecule has 3 heterocycles. The Hall–Kier alpha value is -4.53. The highest BCUT2D eigenvalue weighted by Crippen LogP contribution is 2.24. The van der Waals surface area contributed by atoms with Gasteiger partial charge in [-0.05, 0) is 30.7 Å². The number of hydrogen-bond acceptors (Lipinski definition) is 7. The summed E-state index contributed by atoms with van der Waals surface area (Å²) in [6.45, 7) is 2.03. The SMILES string of the molecule is CC(Nc1nc(Nc2ccccc2)n2ncc(/C=C3\CC(=O)NC3=O)c2n1)c1ccccc1. The van der Waals surface area contributed by atoms with E-state index in [-0.39, 0.29) is 18.4 Å². The molecule has 1 saturated heterocycles. The van der Waals surface area contributed by atoms with Crippen molar-refractivity contribution in [2.24, 2.45) is 0 Å². The van der Waals surface area contributed by atoms with E-state index in [1.165, 1.54) is 0 Å². The Morgan fingerprint density at radius 1 is 1.03 bits per heavy atom. The van der Waals surface area contributed by atoms with Gasteiger partial charge in [0.1, 0.15) is 0 Å². The van der Waals surface area contributed by atoms with E-state index in [0.717, 1.165) is 11.3 Å². The fourth-order valence-electron chi connectivity index (χ4n) is 3.62. The number of imide groups is 1. The van der Waals surface area contributed by atoms with Crippen LogP contribution in [0, 0.1) is 0 Å². The fraction of sp³-hybridized carbons (Fsp3) is 0.125.